The lowest BCUT2D eigenvalue weighted by Crippen LogP contribution is -2.00. The Hall–Kier alpha value is -6.23. The van der Waals surface area contributed by atoms with Gasteiger partial charge in [-0.3, -0.25) is 0 Å². The number of nitrogens with zero attached hydrogens (tertiary/aromatic N) is 3. The highest BCUT2D eigenvalue weighted by Gasteiger charge is 2.14. The van der Waals surface area contributed by atoms with Crippen molar-refractivity contribution in [1.29, 1.82) is 0 Å². The van der Waals surface area contributed by atoms with Crippen LogP contribution in [-0.4, -0.2) is 15.0 Å². The van der Waals surface area contributed by atoms with Gasteiger partial charge in [0.15, 0.2) is 17.5 Å². The summed E-state index contributed by atoms with van der Waals surface area (Å²) in [7, 11) is 0. The van der Waals surface area contributed by atoms with Gasteiger partial charge >= 0.3 is 0 Å². The highest BCUT2D eigenvalue weighted by Crippen LogP contribution is 2.40. The smallest absolute Gasteiger partial charge is 0.164 e. The van der Waals surface area contributed by atoms with E-state index in [-0.39, 0.29) is 48.8 Å². The van der Waals surface area contributed by atoms with Gasteiger partial charge < -0.3 is 0 Å². The Morgan fingerprint density at radius 3 is 1.65 bits per heavy atom. The number of thiophene rings is 1. The molecule has 0 spiro atoms. The van der Waals surface area contributed by atoms with E-state index in [0.717, 1.165) is 22.5 Å². The van der Waals surface area contributed by atoms with Crippen molar-refractivity contribution < 1.29 is 20.6 Å². The molecule has 0 unspecified atom stereocenters. The van der Waals surface area contributed by atoms with Crippen LogP contribution in [0.3, 0.4) is 0 Å². The van der Waals surface area contributed by atoms with Gasteiger partial charge in [-0.15, -0.1) is 11.3 Å². The first-order valence-corrected chi connectivity index (χ1v) is 16.0. The van der Waals surface area contributed by atoms with Gasteiger partial charge in [-0.2, -0.15) is 0 Å². The van der Waals surface area contributed by atoms with Crippen LogP contribution in [0.25, 0.3) is 87.7 Å². The summed E-state index contributed by atoms with van der Waals surface area (Å²) in [6.45, 7) is 0. The van der Waals surface area contributed by atoms with Gasteiger partial charge in [-0.05, 0) is 51.5 Å². The summed E-state index contributed by atoms with van der Waals surface area (Å²) in [5.74, 6) is 0.106. The summed E-state index contributed by atoms with van der Waals surface area (Å²) < 4.78 is 134. The van der Waals surface area contributed by atoms with Crippen LogP contribution in [-0.2, 0) is 0 Å². The molecular formula is C45H29N3S. The van der Waals surface area contributed by atoms with Crippen molar-refractivity contribution in [3.05, 3.63) is 176 Å². The van der Waals surface area contributed by atoms with Gasteiger partial charge in [0.2, 0.25) is 0 Å². The Labute approximate surface area is 310 Å². The van der Waals surface area contributed by atoms with Crippen LogP contribution < -0.4 is 0 Å². The lowest BCUT2D eigenvalue weighted by Gasteiger charge is -2.11. The van der Waals surface area contributed by atoms with Crippen LogP contribution in [0.4, 0.5) is 0 Å². The minimum Gasteiger partial charge on any atom is -0.208 e. The van der Waals surface area contributed by atoms with Crippen LogP contribution in [0, 0.1) is 0 Å². The number of hydrogen-bond donors (Lipinski definition) is 0. The maximum absolute atomic E-state index is 9.51. The van der Waals surface area contributed by atoms with Crippen molar-refractivity contribution in [3.8, 4) is 67.5 Å². The molecule has 0 aliphatic rings. The van der Waals surface area contributed by atoms with Gasteiger partial charge in [-0.25, -0.2) is 15.0 Å². The predicted molar refractivity (Wildman–Crippen MR) is 205 cm³/mol. The largest absolute Gasteiger partial charge is 0.208 e. The zero-order valence-electron chi connectivity index (χ0n) is 40.3. The molecule has 2 heterocycles. The molecule has 9 aromatic rings. The Morgan fingerprint density at radius 1 is 0.388 bits per heavy atom. The molecule has 0 atom stereocenters. The molecule has 4 heteroatoms. The topological polar surface area (TPSA) is 38.7 Å². The van der Waals surface area contributed by atoms with E-state index >= 15 is 0 Å². The monoisotopic (exact) mass is 658 g/mol. The third kappa shape index (κ3) is 5.58. The van der Waals surface area contributed by atoms with Crippen molar-refractivity contribution in [2.45, 2.75) is 0 Å². The number of benzene rings is 7. The maximum atomic E-state index is 9.51. The van der Waals surface area contributed by atoms with Crippen molar-refractivity contribution >= 4 is 31.5 Å². The number of hydrogen-bond acceptors (Lipinski definition) is 4. The van der Waals surface area contributed by atoms with Crippen LogP contribution >= 0.6 is 11.3 Å². The molecule has 0 N–H and O–H groups in total. The quantitative estimate of drug-likeness (QED) is 0.178. The highest BCUT2D eigenvalue weighted by molar-refractivity contribution is 7.25. The van der Waals surface area contributed by atoms with Crippen LogP contribution in [0.2, 0.25) is 0 Å². The fourth-order valence-electron chi connectivity index (χ4n) is 5.47. The normalized spacial score (nSPS) is 15.6. The molecule has 0 saturated carbocycles. The van der Waals surface area contributed by atoms with E-state index in [1.54, 1.807) is 30.3 Å². The summed E-state index contributed by atoms with van der Waals surface area (Å²) in [5, 5.41) is -0.225. The molecule has 2 aromatic heterocycles. The van der Waals surface area contributed by atoms with E-state index in [9.17, 15) is 6.85 Å². The molecule has 3 nitrogen and oxygen atoms in total. The number of rotatable bonds is 6. The average Bonchev–Trinajstić information content (AvgIpc) is 3.71. The van der Waals surface area contributed by atoms with Gasteiger partial charge in [0.05, 0.1) is 20.6 Å². The Balaban J connectivity index is 1.29. The molecule has 9 rings (SSSR count). The Morgan fingerprint density at radius 2 is 0.918 bits per heavy atom. The maximum Gasteiger partial charge on any atom is 0.164 e. The molecule has 0 radical (unpaired) electrons. The minimum absolute atomic E-state index is 0.0115. The lowest BCUT2D eigenvalue weighted by molar-refractivity contribution is 1.07. The molecule has 0 amide bonds. The Kier molecular flexibility index (Phi) is 4.37. The van der Waals surface area contributed by atoms with E-state index in [4.69, 9.17) is 18.7 Å². The second kappa shape index (κ2) is 12.4. The standard InChI is InChI=1S/C45H29N3S/c1-3-11-30(12-4-1)31-23-27-35(28-24-31)44-46-43(34-13-5-2-6-14-34)47-45(48-44)37-16-9-15-36(29-37)32-21-25-33(26-22-32)38-18-10-20-41-42(38)39-17-7-8-19-40(39)49-41/h1-29H/i7D,8D,9D,10D,15D,16D,17D,18D,19D,20D,21D,22D,25D,26D,29D. The molecule has 0 aliphatic carbocycles. The van der Waals surface area contributed by atoms with Crippen LogP contribution in [0.5, 0.6) is 0 Å². The first-order chi connectivity index (χ1) is 30.5. The van der Waals surface area contributed by atoms with E-state index in [2.05, 4.69) is 9.97 Å². The third-order valence-electron chi connectivity index (χ3n) is 7.84. The second-order valence-corrected chi connectivity index (χ2v) is 11.9. The third-order valence-corrected chi connectivity index (χ3v) is 8.86. The van der Waals surface area contributed by atoms with Crippen molar-refractivity contribution in [2.75, 3.05) is 0 Å². The van der Waals surface area contributed by atoms with Crippen molar-refractivity contribution in [3.63, 3.8) is 0 Å². The zero-order chi connectivity index (χ0) is 45.6. The van der Waals surface area contributed by atoms with E-state index in [1.807, 2.05) is 54.6 Å². The SMILES string of the molecule is [2H]c1c([2H])c(-c2nc(-c3ccccc3)nc(-c3ccc(-c4ccccc4)cc3)n2)c([2H])c(-c2c([2H])c([2H])c(-c3c([2H])c([2H])c([2H])c4sc5c([2H])c([2H])c([2H])c([2H])c5c34)c([2H])c2[2H])c1[2H]. The van der Waals surface area contributed by atoms with Crippen molar-refractivity contribution in [2.24, 2.45) is 0 Å². The molecule has 49 heavy (non-hydrogen) atoms. The lowest BCUT2D eigenvalue weighted by atomic mass is 9.96. The van der Waals surface area contributed by atoms with E-state index in [0.29, 0.717) is 11.1 Å². The first-order valence-electron chi connectivity index (χ1n) is 22.6. The molecule has 0 fully saturated rings. The zero-order valence-corrected chi connectivity index (χ0v) is 26.1. The molecule has 7 aromatic carbocycles. The summed E-state index contributed by atoms with van der Waals surface area (Å²) in [6.07, 6.45) is 0. The average molecular weight is 659 g/mol. The summed E-state index contributed by atoms with van der Waals surface area (Å²) in [5.41, 5.74) is 0.736. The molecule has 0 bridgehead atoms. The molecular weight excluding hydrogens is 615 g/mol. The predicted octanol–water partition coefficient (Wildman–Crippen LogP) is 12.2. The molecule has 230 valence electrons. The van der Waals surface area contributed by atoms with E-state index in [1.165, 1.54) is 0 Å². The second-order valence-electron chi connectivity index (χ2n) is 10.9. The van der Waals surface area contributed by atoms with Gasteiger partial charge in [0.25, 0.3) is 0 Å². The summed E-state index contributed by atoms with van der Waals surface area (Å²) in [6, 6.07) is 16.3. The summed E-state index contributed by atoms with van der Waals surface area (Å²) >= 11 is 0.786. The molecule has 0 saturated heterocycles. The van der Waals surface area contributed by atoms with Gasteiger partial charge in [-0.1, -0.05) is 157 Å². The van der Waals surface area contributed by atoms with Gasteiger partial charge in [0.1, 0.15) is 0 Å². The van der Waals surface area contributed by atoms with Gasteiger partial charge in [0, 0.05) is 36.9 Å². The fraction of sp³-hybridized carbons (Fsp3) is 0. The number of aromatic nitrogens is 3. The first kappa shape index (κ1) is 17.3. The minimum atomic E-state index is -0.795. The van der Waals surface area contributed by atoms with E-state index < -0.39 is 107 Å². The van der Waals surface area contributed by atoms with Crippen LogP contribution in [0.1, 0.15) is 20.6 Å². The Bertz CT molecular complexity index is 3410. The van der Waals surface area contributed by atoms with Crippen molar-refractivity contribution in [1.82, 2.24) is 15.0 Å². The highest BCUT2D eigenvalue weighted by atomic mass is 32.1. The molecule has 0 aliphatic heterocycles. The summed E-state index contributed by atoms with van der Waals surface area (Å²) in [4.78, 5) is 14.0. The fourth-order valence-corrected chi connectivity index (χ4v) is 6.44. The number of fused-ring (bicyclic) bond motifs is 3. The van der Waals surface area contributed by atoms with Crippen LogP contribution in [0.15, 0.2) is 176 Å².